The molecule has 0 bridgehead atoms. The van der Waals surface area contributed by atoms with Gasteiger partial charge in [0.1, 0.15) is 5.03 Å². The molecular weight excluding hydrogens is 372 g/mol. The summed E-state index contributed by atoms with van der Waals surface area (Å²) >= 11 is 5.42. The first-order valence-corrected chi connectivity index (χ1v) is 9.79. The Morgan fingerprint density at radius 3 is 1.85 bits per heavy atom. The van der Waals surface area contributed by atoms with Crippen LogP contribution in [0.5, 0.6) is 0 Å². The van der Waals surface area contributed by atoms with Crippen molar-refractivity contribution in [2.45, 2.75) is 12.8 Å². The molecule has 0 unspecified atom stereocenters. The van der Waals surface area contributed by atoms with Crippen molar-refractivity contribution < 1.29 is 19.1 Å². The topological polar surface area (TPSA) is 91.9 Å². The molecule has 2 amide bonds. The maximum absolute atomic E-state index is 11.4. The number of carbonyl (C=O) groups is 2. The van der Waals surface area contributed by atoms with Gasteiger partial charge in [0.15, 0.2) is 0 Å². The molecule has 27 heavy (non-hydrogen) atoms. The standard InChI is InChI=1S/C9H14N2O2.C5H6ClNO.C4H9NO/c12-9-8(2-1-3-10-9)11-4-6-13-7-5-11;6-4-2-1-3-7-5(4)8;1-3-6-4-2-5-1/h2H,1,3-7H2,(H,10,12);2H,1,3H2,(H,7,8);5H,1-4H2. The van der Waals surface area contributed by atoms with Gasteiger partial charge in [-0.3, -0.25) is 9.59 Å². The zero-order chi connectivity index (χ0) is 19.3. The summed E-state index contributed by atoms with van der Waals surface area (Å²) in [6.07, 6.45) is 5.54. The van der Waals surface area contributed by atoms with Crippen molar-refractivity contribution in [2.75, 3.05) is 65.7 Å². The lowest BCUT2D eigenvalue weighted by atomic mass is 10.2. The van der Waals surface area contributed by atoms with Crippen LogP contribution in [0.1, 0.15) is 12.8 Å². The Balaban J connectivity index is 0.000000159. The molecule has 2 fully saturated rings. The van der Waals surface area contributed by atoms with E-state index in [-0.39, 0.29) is 11.8 Å². The Morgan fingerprint density at radius 1 is 0.815 bits per heavy atom. The molecule has 152 valence electrons. The lowest BCUT2D eigenvalue weighted by molar-refractivity contribution is -0.120. The fourth-order valence-electron chi connectivity index (χ4n) is 2.73. The van der Waals surface area contributed by atoms with E-state index in [1.807, 2.05) is 6.08 Å². The molecule has 0 saturated carbocycles. The molecule has 4 aliphatic heterocycles. The largest absolute Gasteiger partial charge is 0.379 e. The van der Waals surface area contributed by atoms with Gasteiger partial charge in [0.25, 0.3) is 11.8 Å². The third-order valence-corrected chi connectivity index (χ3v) is 4.49. The van der Waals surface area contributed by atoms with Crippen LogP contribution in [0.4, 0.5) is 0 Å². The molecule has 9 heteroatoms. The molecule has 8 nitrogen and oxygen atoms in total. The first-order valence-electron chi connectivity index (χ1n) is 9.42. The van der Waals surface area contributed by atoms with Crippen LogP contribution in [0.3, 0.4) is 0 Å². The third-order valence-electron chi connectivity index (χ3n) is 4.17. The summed E-state index contributed by atoms with van der Waals surface area (Å²) in [7, 11) is 0. The highest BCUT2D eigenvalue weighted by Crippen LogP contribution is 2.11. The molecule has 3 N–H and O–H groups in total. The lowest BCUT2D eigenvalue weighted by Gasteiger charge is -2.31. The fourth-order valence-corrected chi connectivity index (χ4v) is 2.91. The van der Waals surface area contributed by atoms with Crippen LogP contribution in [-0.2, 0) is 19.1 Å². The molecule has 4 heterocycles. The fraction of sp³-hybridized carbons (Fsp3) is 0.667. The summed E-state index contributed by atoms with van der Waals surface area (Å²) in [4.78, 5) is 24.0. The summed E-state index contributed by atoms with van der Waals surface area (Å²) < 4.78 is 10.2. The second-order valence-electron chi connectivity index (χ2n) is 6.19. The zero-order valence-corrected chi connectivity index (χ0v) is 16.4. The van der Waals surface area contributed by atoms with E-state index in [1.165, 1.54) is 0 Å². The Labute approximate surface area is 165 Å². The summed E-state index contributed by atoms with van der Waals surface area (Å²) in [5.41, 5.74) is 0.828. The molecule has 0 atom stereocenters. The van der Waals surface area contributed by atoms with Crippen molar-refractivity contribution in [3.8, 4) is 0 Å². The van der Waals surface area contributed by atoms with Gasteiger partial charge in [-0.1, -0.05) is 23.8 Å². The number of nitrogens with zero attached hydrogens (tertiary/aromatic N) is 1. The molecule has 0 aromatic rings. The van der Waals surface area contributed by atoms with Crippen molar-refractivity contribution in [1.29, 1.82) is 0 Å². The Kier molecular flexibility index (Phi) is 10.2. The summed E-state index contributed by atoms with van der Waals surface area (Å²) in [6.45, 7) is 8.44. The van der Waals surface area contributed by atoms with Gasteiger partial charge in [-0.2, -0.15) is 0 Å². The van der Waals surface area contributed by atoms with Gasteiger partial charge in [0.2, 0.25) is 0 Å². The Bertz CT molecular complexity index is 532. The van der Waals surface area contributed by atoms with E-state index < -0.39 is 0 Å². The van der Waals surface area contributed by atoms with Crippen LogP contribution in [0.15, 0.2) is 22.9 Å². The molecule has 2 saturated heterocycles. The molecule has 0 spiro atoms. The average molecular weight is 401 g/mol. The number of ether oxygens (including phenoxy) is 2. The van der Waals surface area contributed by atoms with Gasteiger partial charge in [-0.25, -0.2) is 0 Å². The van der Waals surface area contributed by atoms with Crippen molar-refractivity contribution >= 4 is 23.4 Å². The van der Waals surface area contributed by atoms with Gasteiger partial charge in [0, 0.05) is 39.3 Å². The van der Waals surface area contributed by atoms with Gasteiger partial charge in [0.05, 0.1) is 32.1 Å². The van der Waals surface area contributed by atoms with E-state index in [2.05, 4.69) is 20.9 Å². The number of amides is 2. The van der Waals surface area contributed by atoms with Crippen LogP contribution in [0.25, 0.3) is 0 Å². The maximum atomic E-state index is 11.4. The summed E-state index contributed by atoms with van der Waals surface area (Å²) in [5, 5.41) is 8.91. The van der Waals surface area contributed by atoms with Crippen LogP contribution in [-0.4, -0.2) is 82.4 Å². The minimum Gasteiger partial charge on any atom is -0.379 e. The molecule has 0 aromatic heterocycles. The van der Waals surface area contributed by atoms with E-state index in [1.54, 1.807) is 6.08 Å². The average Bonchev–Trinajstić information content (AvgIpc) is 2.73. The van der Waals surface area contributed by atoms with Crippen molar-refractivity contribution in [3.05, 3.63) is 22.9 Å². The predicted octanol–water partition coefficient (Wildman–Crippen LogP) is -0.0424. The smallest absolute Gasteiger partial charge is 0.267 e. The predicted molar refractivity (Wildman–Crippen MR) is 103 cm³/mol. The number of hydrogen-bond acceptors (Lipinski definition) is 6. The molecule has 0 aliphatic carbocycles. The van der Waals surface area contributed by atoms with E-state index in [0.29, 0.717) is 5.03 Å². The maximum Gasteiger partial charge on any atom is 0.267 e. The van der Waals surface area contributed by atoms with Crippen molar-refractivity contribution in [1.82, 2.24) is 20.9 Å². The molecular formula is C18H29ClN4O4. The minimum atomic E-state index is -0.155. The second-order valence-corrected chi connectivity index (χ2v) is 6.60. The first kappa shape index (κ1) is 21.7. The minimum absolute atomic E-state index is 0.0631. The lowest BCUT2D eigenvalue weighted by Crippen LogP contribution is -2.43. The van der Waals surface area contributed by atoms with Gasteiger partial charge in [-0.15, -0.1) is 0 Å². The Morgan fingerprint density at radius 2 is 1.41 bits per heavy atom. The van der Waals surface area contributed by atoms with Gasteiger partial charge < -0.3 is 30.3 Å². The molecule has 0 radical (unpaired) electrons. The summed E-state index contributed by atoms with van der Waals surface area (Å²) in [5.74, 6) is -0.0916. The SMILES string of the molecule is C1COCCN1.O=C1NCCC=C1Cl.O=C1NCCC=C1N1CCOCC1. The first-order chi connectivity index (χ1) is 13.2. The van der Waals surface area contributed by atoms with E-state index in [0.717, 1.165) is 84.2 Å². The quantitative estimate of drug-likeness (QED) is 0.572. The van der Waals surface area contributed by atoms with Crippen molar-refractivity contribution in [3.63, 3.8) is 0 Å². The number of carbonyl (C=O) groups excluding carboxylic acids is 2. The van der Waals surface area contributed by atoms with Gasteiger partial charge >= 0.3 is 0 Å². The number of rotatable bonds is 1. The third kappa shape index (κ3) is 8.30. The monoisotopic (exact) mass is 400 g/mol. The van der Waals surface area contributed by atoms with Gasteiger partial charge in [-0.05, 0) is 12.8 Å². The number of halogens is 1. The van der Waals surface area contributed by atoms with E-state index >= 15 is 0 Å². The number of morpholine rings is 2. The molecule has 4 rings (SSSR count). The number of hydrogen-bond donors (Lipinski definition) is 3. The van der Waals surface area contributed by atoms with Crippen LogP contribution >= 0.6 is 11.6 Å². The highest BCUT2D eigenvalue weighted by Gasteiger charge is 2.21. The normalized spacial score (nSPS) is 22.6. The highest BCUT2D eigenvalue weighted by atomic mass is 35.5. The highest BCUT2D eigenvalue weighted by molar-refractivity contribution is 6.42. The zero-order valence-electron chi connectivity index (χ0n) is 15.6. The van der Waals surface area contributed by atoms with Crippen LogP contribution in [0, 0.1) is 0 Å². The summed E-state index contributed by atoms with van der Waals surface area (Å²) in [6, 6.07) is 0. The van der Waals surface area contributed by atoms with E-state index in [9.17, 15) is 9.59 Å². The molecule has 4 aliphatic rings. The van der Waals surface area contributed by atoms with Crippen LogP contribution in [0.2, 0.25) is 0 Å². The van der Waals surface area contributed by atoms with Crippen molar-refractivity contribution in [2.24, 2.45) is 0 Å². The number of nitrogens with one attached hydrogen (secondary N) is 3. The Hall–Kier alpha value is -1.61. The molecule has 0 aromatic carbocycles. The van der Waals surface area contributed by atoms with Crippen LogP contribution < -0.4 is 16.0 Å². The van der Waals surface area contributed by atoms with E-state index in [4.69, 9.17) is 21.1 Å². The second kappa shape index (κ2) is 12.7.